The van der Waals surface area contributed by atoms with Gasteiger partial charge in [-0.15, -0.1) is 0 Å². The Morgan fingerprint density at radius 2 is 1.75 bits per heavy atom. The van der Waals surface area contributed by atoms with Crippen LogP contribution in [0.4, 0.5) is 0 Å². The van der Waals surface area contributed by atoms with Crippen molar-refractivity contribution < 1.29 is 9.47 Å². The molecule has 0 spiro atoms. The largest absolute Gasteiger partial charge is 0.385 e. The van der Waals surface area contributed by atoms with Gasteiger partial charge in [-0.25, -0.2) is 0 Å². The van der Waals surface area contributed by atoms with E-state index in [1.54, 1.807) is 7.11 Å². The van der Waals surface area contributed by atoms with Crippen molar-refractivity contribution in [1.82, 2.24) is 0 Å². The Morgan fingerprint density at radius 3 is 2.25 bits per heavy atom. The topological polar surface area (TPSA) is 44.5 Å². The lowest BCUT2D eigenvalue weighted by atomic mass is 9.84. The van der Waals surface area contributed by atoms with Crippen molar-refractivity contribution in [3.05, 3.63) is 0 Å². The molecule has 0 aliphatic heterocycles. The van der Waals surface area contributed by atoms with Gasteiger partial charge >= 0.3 is 0 Å². The molecule has 1 fully saturated rings. The minimum absolute atomic E-state index is 0.0652. The number of methoxy groups -OCH3 is 2. The second kappa shape index (κ2) is 7.25. The number of hydrogen-bond donors (Lipinski definition) is 1. The summed E-state index contributed by atoms with van der Waals surface area (Å²) in [5.41, 5.74) is 6.26. The van der Waals surface area contributed by atoms with Crippen LogP contribution in [-0.4, -0.2) is 32.5 Å². The Bertz CT molecular complexity index is 177. The van der Waals surface area contributed by atoms with Gasteiger partial charge in [0.25, 0.3) is 0 Å². The molecule has 0 radical (unpaired) electrons. The first-order valence-electron chi connectivity index (χ1n) is 6.55. The molecule has 0 bridgehead atoms. The van der Waals surface area contributed by atoms with Gasteiger partial charge in [-0.3, -0.25) is 0 Å². The van der Waals surface area contributed by atoms with Gasteiger partial charge in [-0.05, 0) is 25.7 Å². The third-order valence-corrected chi connectivity index (χ3v) is 3.90. The van der Waals surface area contributed by atoms with E-state index in [4.69, 9.17) is 15.2 Å². The lowest BCUT2D eigenvalue weighted by Gasteiger charge is -2.37. The van der Waals surface area contributed by atoms with E-state index < -0.39 is 0 Å². The predicted octanol–water partition coefficient (Wildman–Crippen LogP) is 2.48. The quantitative estimate of drug-likeness (QED) is 0.562. The summed E-state index contributed by atoms with van der Waals surface area (Å²) in [6.45, 7) is 0.799. The molecule has 16 heavy (non-hydrogen) atoms. The van der Waals surface area contributed by atoms with E-state index in [-0.39, 0.29) is 11.6 Å². The fourth-order valence-electron chi connectivity index (χ4n) is 2.76. The normalized spacial score (nSPS) is 22.7. The van der Waals surface area contributed by atoms with Crippen LogP contribution in [0.2, 0.25) is 0 Å². The highest BCUT2D eigenvalue weighted by atomic mass is 16.5. The molecule has 1 aliphatic carbocycles. The first-order valence-corrected chi connectivity index (χ1v) is 6.55. The summed E-state index contributed by atoms with van der Waals surface area (Å²) >= 11 is 0. The number of ether oxygens (including phenoxy) is 2. The zero-order valence-corrected chi connectivity index (χ0v) is 10.8. The standard InChI is InChI=1S/C13H27NO2/c1-15-11-7-8-12(14)13(16-2)9-5-3-4-6-10-13/h12H,3-11,14H2,1-2H3. The monoisotopic (exact) mass is 229 g/mol. The molecule has 1 aliphatic rings. The predicted molar refractivity (Wildman–Crippen MR) is 66.5 cm³/mol. The summed E-state index contributed by atoms with van der Waals surface area (Å²) in [6, 6.07) is 0.158. The maximum Gasteiger partial charge on any atom is 0.0828 e. The minimum atomic E-state index is -0.0652. The zero-order valence-electron chi connectivity index (χ0n) is 10.8. The Morgan fingerprint density at radius 1 is 1.12 bits per heavy atom. The van der Waals surface area contributed by atoms with E-state index in [0.717, 1.165) is 32.3 Å². The third kappa shape index (κ3) is 3.72. The Hall–Kier alpha value is -0.120. The first kappa shape index (κ1) is 13.9. The van der Waals surface area contributed by atoms with Crippen LogP contribution < -0.4 is 5.73 Å². The van der Waals surface area contributed by atoms with Crippen LogP contribution in [0.15, 0.2) is 0 Å². The van der Waals surface area contributed by atoms with Crippen LogP contribution in [0.1, 0.15) is 51.4 Å². The van der Waals surface area contributed by atoms with Gasteiger partial charge in [-0.1, -0.05) is 25.7 Å². The molecule has 3 heteroatoms. The van der Waals surface area contributed by atoms with Gasteiger partial charge < -0.3 is 15.2 Å². The van der Waals surface area contributed by atoms with E-state index in [9.17, 15) is 0 Å². The van der Waals surface area contributed by atoms with Crippen LogP contribution in [0, 0.1) is 0 Å². The summed E-state index contributed by atoms with van der Waals surface area (Å²) in [5, 5.41) is 0. The fraction of sp³-hybridized carbons (Fsp3) is 1.00. The third-order valence-electron chi connectivity index (χ3n) is 3.90. The molecule has 0 saturated heterocycles. The zero-order chi connectivity index (χ0) is 11.9. The van der Waals surface area contributed by atoms with Crippen molar-refractivity contribution in [2.75, 3.05) is 20.8 Å². The summed E-state index contributed by atoms with van der Waals surface area (Å²) in [4.78, 5) is 0. The maximum atomic E-state index is 6.32. The smallest absolute Gasteiger partial charge is 0.0828 e. The Kier molecular flexibility index (Phi) is 6.32. The van der Waals surface area contributed by atoms with E-state index in [0.29, 0.717) is 0 Å². The van der Waals surface area contributed by atoms with Crippen molar-refractivity contribution in [3.8, 4) is 0 Å². The van der Waals surface area contributed by atoms with Gasteiger partial charge in [0.2, 0.25) is 0 Å². The second-order valence-electron chi connectivity index (χ2n) is 4.92. The second-order valence-corrected chi connectivity index (χ2v) is 4.92. The Labute approximate surface area is 99.7 Å². The van der Waals surface area contributed by atoms with Crippen LogP contribution >= 0.6 is 0 Å². The summed E-state index contributed by atoms with van der Waals surface area (Å²) in [5.74, 6) is 0. The van der Waals surface area contributed by atoms with Crippen molar-refractivity contribution in [3.63, 3.8) is 0 Å². The lowest BCUT2D eigenvalue weighted by Crippen LogP contribution is -2.49. The molecular formula is C13H27NO2. The molecule has 0 aromatic rings. The molecule has 0 amide bonds. The van der Waals surface area contributed by atoms with Crippen molar-refractivity contribution in [2.24, 2.45) is 5.73 Å². The maximum absolute atomic E-state index is 6.32. The van der Waals surface area contributed by atoms with E-state index in [1.807, 2.05) is 7.11 Å². The molecule has 0 aromatic carbocycles. The van der Waals surface area contributed by atoms with Crippen LogP contribution in [0.3, 0.4) is 0 Å². The van der Waals surface area contributed by atoms with Crippen molar-refractivity contribution in [1.29, 1.82) is 0 Å². The van der Waals surface area contributed by atoms with Gasteiger partial charge in [0, 0.05) is 26.9 Å². The molecule has 96 valence electrons. The highest BCUT2D eigenvalue weighted by Gasteiger charge is 2.36. The van der Waals surface area contributed by atoms with Crippen LogP contribution in [-0.2, 0) is 9.47 Å². The SMILES string of the molecule is COCCCC(N)C1(OC)CCCCCC1. The van der Waals surface area contributed by atoms with Gasteiger partial charge in [0.1, 0.15) is 0 Å². The highest BCUT2D eigenvalue weighted by molar-refractivity contribution is 4.92. The van der Waals surface area contributed by atoms with Gasteiger partial charge in [0.15, 0.2) is 0 Å². The molecule has 1 unspecified atom stereocenters. The summed E-state index contributed by atoms with van der Waals surface area (Å²) in [7, 11) is 3.56. The molecule has 1 rings (SSSR count). The van der Waals surface area contributed by atoms with Crippen LogP contribution in [0.25, 0.3) is 0 Å². The molecule has 0 aromatic heterocycles. The fourth-order valence-corrected chi connectivity index (χ4v) is 2.76. The minimum Gasteiger partial charge on any atom is -0.385 e. The van der Waals surface area contributed by atoms with Crippen LogP contribution in [0.5, 0.6) is 0 Å². The summed E-state index contributed by atoms with van der Waals surface area (Å²) in [6.07, 6.45) is 9.45. The molecule has 1 saturated carbocycles. The summed E-state index contributed by atoms with van der Waals surface area (Å²) < 4.78 is 10.9. The average Bonchev–Trinajstić information content (AvgIpc) is 2.55. The average molecular weight is 229 g/mol. The van der Waals surface area contributed by atoms with E-state index >= 15 is 0 Å². The lowest BCUT2D eigenvalue weighted by molar-refractivity contribution is -0.0462. The molecule has 3 nitrogen and oxygen atoms in total. The molecule has 1 atom stereocenters. The molecule has 2 N–H and O–H groups in total. The van der Waals surface area contributed by atoms with E-state index in [1.165, 1.54) is 25.7 Å². The molecule has 0 heterocycles. The highest BCUT2D eigenvalue weighted by Crippen LogP contribution is 2.33. The Balaban J connectivity index is 2.48. The van der Waals surface area contributed by atoms with E-state index in [2.05, 4.69) is 0 Å². The number of nitrogens with two attached hydrogens (primary N) is 1. The van der Waals surface area contributed by atoms with Crippen molar-refractivity contribution >= 4 is 0 Å². The van der Waals surface area contributed by atoms with Crippen molar-refractivity contribution in [2.45, 2.75) is 63.0 Å². The van der Waals surface area contributed by atoms with Gasteiger partial charge in [-0.2, -0.15) is 0 Å². The number of hydrogen-bond acceptors (Lipinski definition) is 3. The first-order chi connectivity index (χ1) is 7.75. The van der Waals surface area contributed by atoms with Gasteiger partial charge in [0.05, 0.1) is 5.60 Å². The number of rotatable bonds is 6. The molecular weight excluding hydrogens is 202 g/mol.